The lowest BCUT2D eigenvalue weighted by molar-refractivity contribution is -0.144. The highest BCUT2D eigenvalue weighted by Crippen LogP contribution is 2.19. The molecule has 0 saturated carbocycles. The minimum Gasteiger partial charge on any atom is -0.480 e. The van der Waals surface area contributed by atoms with Crippen LogP contribution in [0.1, 0.15) is 26.7 Å². The Kier molecular flexibility index (Phi) is 6.11. The summed E-state index contributed by atoms with van der Waals surface area (Å²) in [5.41, 5.74) is -1.19. The van der Waals surface area contributed by atoms with E-state index < -0.39 is 23.2 Å². The molecule has 7 heteroatoms. The van der Waals surface area contributed by atoms with Gasteiger partial charge in [0, 0.05) is 5.02 Å². The lowest BCUT2D eigenvalue weighted by Gasteiger charge is -2.25. The molecule has 116 valence electrons. The van der Waals surface area contributed by atoms with Crippen LogP contribution in [-0.2, 0) is 9.59 Å². The van der Waals surface area contributed by atoms with Crippen molar-refractivity contribution < 1.29 is 19.1 Å². The van der Waals surface area contributed by atoms with Crippen LogP contribution < -0.4 is 10.6 Å². The van der Waals surface area contributed by atoms with E-state index >= 15 is 0 Å². The van der Waals surface area contributed by atoms with Gasteiger partial charge in [-0.15, -0.1) is 0 Å². The summed E-state index contributed by atoms with van der Waals surface area (Å²) in [5, 5.41) is 14.4. The molecule has 1 rings (SSSR count). The fourth-order valence-corrected chi connectivity index (χ4v) is 1.99. The molecule has 5 nitrogen and oxygen atoms in total. The van der Waals surface area contributed by atoms with Gasteiger partial charge in [0.25, 0.3) is 0 Å². The number of halogens is 2. The van der Waals surface area contributed by atoms with Gasteiger partial charge in [0.1, 0.15) is 11.4 Å². The summed E-state index contributed by atoms with van der Waals surface area (Å²) in [6.45, 7) is 3.13. The van der Waals surface area contributed by atoms with E-state index in [4.69, 9.17) is 11.6 Å². The number of carbonyl (C=O) groups is 2. The molecule has 0 heterocycles. The van der Waals surface area contributed by atoms with E-state index in [2.05, 4.69) is 10.6 Å². The van der Waals surface area contributed by atoms with Crippen LogP contribution in [0, 0.1) is 5.82 Å². The predicted octanol–water partition coefficient (Wildman–Crippen LogP) is 2.65. The molecule has 21 heavy (non-hydrogen) atoms. The smallest absolute Gasteiger partial charge is 0.323 e. The second kappa shape index (κ2) is 7.38. The van der Waals surface area contributed by atoms with E-state index in [0.29, 0.717) is 12.8 Å². The molecule has 1 amide bonds. The van der Waals surface area contributed by atoms with Crippen molar-refractivity contribution >= 4 is 29.2 Å². The molecule has 1 atom stereocenters. The number of carbonyl (C=O) groups excluding carboxylic acids is 1. The van der Waals surface area contributed by atoms with Crippen LogP contribution in [-0.4, -0.2) is 29.1 Å². The van der Waals surface area contributed by atoms with Crippen molar-refractivity contribution in [1.29, 1.82) is 0 Å². The van der Waals surface area contributed by atoms with Gasteiger partial charge in [-0.3, -0.25) is 14.9 Å². The molecule has 1 aromatic carbocycles. The summed E-state index contributed by atoms with van der Waals surface area (Å²) in [4.78, 5) is 23.0. The Balaban J connectivity index is 2.63. The molecule has 0 aliphatic carbocycles. The van der Waals surface area contributed by atoms with Crippen molar-refractivity contribution in [3.63, 3.8) is 0 Å². The van der Waals surface area contributed by atoms with E-state index in [1.807, 2.05) is 6.92 Å². The molecule has 1 aromatic rings. The quantitative estimate of drug-likeness (QED) is 0.722. The van der Waals surface area contributed by atoms with Crippen molar-refractivity contribution in [2.24, 2.45) is 0 Å². The van der Waals surface area contributed by atoms with Gasteiger partial charge in [0.2, 0.25) is 5.91 Å². The molecule has 3 N–H and O–H groups in total. The summed E-state index contributed by atoms with van der Waals surface area (Å²) in [5.74, 6) is -2.21. The number of carboxylic acids is 1. The van der Waals surface area contributed by atoms with Gasteiger partial charge in [-0.25, -0.2) is 4.39 Å². The maximum absolute atomic E-state index is 13.5. The van der Waals surface area contributed by atoms with Crippen molar-refractivity contribution in [3.05, 3.63) is 29.0 Å². The molecule has 0 bridgehead atoms. The molecular weight excluding hydrogens is 299 g/mol. The number of hydrogen-bond acceptors (Lipinski definition) is 3. The summed E-state index contributed by atoms with van der Waals surface area (Å²) in [7, 11) is 0. The van der Waals surface area contributed by atoms with Gasteiger partial charge >= 0.3 is 5.97 Å². The van der Waals surface area contributed by atoms with Gasteiger partial charge in [-0.05, 0) is 31.5 Å². The molecular formula is C14H18ClFN2O3. The SMILES string of the molecule is CCCC(C)(NCC(=O)Nc1ccc(Cl)cc1F)C(=O)O. The van der Waals surface area contributed by atoms with Crippen LogP contribution in [0.5, 0.6) is 0 Å². The van der Waals surface area contributed by atoms with Crippen LogP contribution in [0.3, 0.4) is 0 Å². The molecule has 0 radical (unpaired) electrons. The van der Waals surface area contributed by atoms with E-state index in [9.17, 15) is 19.1 Å². The topological polar surface area (TPSA) is 78.4 Å². The molecule has 0 fully saturated rings. The summed E-state index contributed by atoms with van der Waals surface area (Å²) >= 11 is 5.61. The van der Waals surface area contributed by atoms with Gasteiger partial charge in [0.05, 0.1) is 12.2 Å². The van der Waals surface area contributed by atoms with Crippen molar-refractivity contribution in [2.45, 2.75) is 32.2 Å². The van der Waals surface area contributed by atoms with E-state index in [1.165, 1.54) is 19.1 Å². The zero-order valence-electron chi connectivity index (χ0n) is 11.9. The second-order valence-corrected chi connectivity index (χ2v) is 5.35. The third-order valence-corrected chi connectivity index (χ3v) is 3.30. The lowest BCUT2D eigenvalue weighted by Crippen LogP contribution is -2.51. The first kappa shape index (κ1) is 17.4. The predicted molar refractivity (Wildman–Crippen MR) is 79.0 cm³/mol. The van der Waals surface area contributed by atoms with Crippen LogP contribution in [0.25, 0.3) is 0 Å². The highest BCUT2D eigenvalue weighted by Gasteiger charge is 2.31. The van der Waals surface area contributed by atoms with Crippen LogP contribution >= 0.6 is 11.6 Å². The van der Waals surface area contributed by atoms with Gasteiger partial charge in [0.15, 0.2) is 0 Å². The lowest BCUT2D eigenvalue weighted by atomic mass is 9.96. The fraction of sp³-hybridized carbons (Fsp3) is 0.429. The van der Waals surface area contributed by atoms with Crippen LogP contribution in [0.15, 0.2) is 18.2 Å². The Morgan fingerprint density at radius 1 is 1.43 bits per heavy atom. The third-order valence-electron chi connectivity index (χ3n) is 3.07. The Bertz CT molecular complexity index is 539. The zero-order valence-corrected chi connectivity index (χ0v) is 12.6. The normalized spacial score (nSPS) is 13.5. The van der Waals surface area contributed by atoms with Crippen molar-refractivity contribution in [1.82, 2.24) is 5.32 Å². The number of carboxylic acid groups (broad SMARTS) is 1. The average molecular weight is 317 g/mol. The van der Waals surface area contributed by atoms with Gasteiger partial charge in [-0.1, -0.05) is 24.9 Å². The Morgan fingerprint density at radius 3 is 2.62 bits per heavy atom. The minimum absolute atomic E-state index is 0.00119. The number of amides is 1. The molecule has 0 saturated heterocycles. The van der Waals surface area contributed by atoms with E-state index in [-0.39, 0.29) is 17.3 Å². The molecule has 1 unspecified atom stereocenters. The largest absolute Gasteiger partial charge is 0.480 e. The number of nitrogens with one attached hydrogen (secondary N) is 2. The van der Waals surface area contributed by atoms with Crippen molar-refractivity contribution in [2.75, 3.05) is 11.9 Å². The third kappa shape index (κ3) is 4.99. The number of aliphatic carboxylic acids is 1. The van der Waals surface area contributed by atoms with Crippen molar-refractivity contribution in [3.8, 4) is 0 Å². The Hall–Kier alpha value is -1.66. The minimum atomic E-state index is -1.19. The summed E-state index contributed by atoms with van der Waals surface area (Å²) in [6.07, 6.45) is 1.04. The molecule has 0 aliphatic rings. The summed E-state index contributed by atoms with van der Waals surface area (Å²) < 4.78 is 13.5. The van der Waals surface area contributed by atoms with E-state index in [1.54, 1.807) is 0 Å². The average Bonchev–Trinajstić information content (AvgIpc) is 2.40. The van der Waals surface area contributed by atoms with Crippen LogP contribution in [0.4, 0.5) is 10.1 Å². The van der Waals surface area contributed by atoms with Gasteiger partial charge in [-0.2, -0.15) is 0 Å². The highest BCUT2D eigenvalue weighted by molar-refractivity contribution is 6.30. The van der Waals surface area contributed by atoms with E-state index in [0.717, 1.165) is 6.07 Å². The number of hydrogen-bond donors (Lipinski definition) is 3. The maximum atomic E-state index is 13.5. The first-order chi connectivity index (χ1) is 9.78. The standard InChI is InChI=1S/C14H18ClFN2O3/c1-3-6-14(2,13(20)21)17-8-12(19)18-11-5-4-9(15)7-10(11)16/h4-5,7,17H,3,6,8H2,1-2H3,(H,18,19)(H,20,21). The second-order valence-electron chi connectivity index (χ2n) is 4.91. The number of rotatable bonds is 7. The highest BCUT2D eigenvalue weighted by atomic mass is 35.5. The molecule has 0 aromatic heterocycles. The number of benzene rings is 1. The summed E-state index contributed by atoms with van der Waals surface area (Å²) in [6, 6.07) is 3.88. The first-order valence-corrected chi connectivity index (χ1v) is 6.89. The monoisotopic (exact) mass is 316 g/mol. The Morgan fingerprint density at radius 2 is 2.10 bits per heavy atom. The Labute approximate surface area is 127 Å². The molecule has 0 spiro atoms. The molecule has 0 aliphatic heterocycles. The number of anilines is 1. The van der Waals surface area contributed by atoms with Gasteiger partial charge < -0.3 is 10.4 Å². The maximum Gasteiger partial charge on any atom is 0.323 e. The van der Waals surface area contributed by atoms with Crippen LogP contribution in [0.2, 0.25) is 5.02 Å². The fourth-order valence-electron chi connectivity index (χ4n) is 1.83. The zero-order chi connectivity index (χ0) is 16.0. The first-order valence-electron chi connectivity index (χ1n) is 6.52.